The number of halogens is 3. The molecule has 0 amide bonds. The van der Waals surface area contributed by atoms with Crippen LogP contribution in [0.1, 0.15) is 58.2 Å². The molecule has 0 fully saturated rings. The van der Waals surface area contributed by atoms with Crippen LogP contribution in [0.2, 0.25) is 0 Å². The molecule has 0 unspecified atom stereocenters. The summed E-state index contributed by atoms with van der Waals surface area (Å²) in [5.41, 5.74) is 1.51. The van der Waals surface area contributed by atoms with Gasteiger partial charge in [-0.1, -0.05) is 53.7 Å². The lowest BCUT2D eigenvalue weighted by molar-refractivity contribution is -0.217. The van der Waals surface area contributed by atoms with Crippen molar-refractivity contribution >= 4 is 5.97 Å². The first kappa shape index (κ1) is 19.6. The summed E-state index contributed by atoms with van der Waals surface area (Å²) in [4.78, 5) is 11.4. The van der Waals surface area contributed by atoms with Gasteiger partial charge in [-0.3, -0.25) is 4.79 Å². The molecule has 1 N–H and O–H groups in total. The van der Waals surface area contributed by atoms with Gasteiger partial charge in [0.05, 0.1) is 0 Å². The smallest absolute Gasteiger partial charge is 0.426 e. The summed E-state index contributed by atoms with van der Waals surface area (Å²) in [6.45, 7) is 11.8. The number of carboxylic acids is 1. The molecule has 3 nitrogen and oxygen atoms in total. The van der Waals surface area contributed by atoms with E-state index >= 15 is 0 Å². The number of hydrogen-bond donors (Lipinski definition) is 1. The van der Waals surface area contributed by atoms with Crippen LogP contribution in [0.15, 0.2) is 12.1 Å². The molecule has 1 aliphatic heterocycles. The molecule has 2 atom stereocenters. The zero-order valence-corrected chi connectivity index (χ0v) is 15.4. The number of rotatable bonds is 1. The van der Waals surface area contributed by atoms with Gasteiger partial charge in [0.25, 0.3) is 0 Å². The quantitative estimate of drug-likeness (QED) is 0.781. The van der Waals surface area contributed by atoms with Gasteiger partial charge in [-0.15, -0.1) is 0 Å². The average molecular weight is 358 g/mol. The van der Waals surface area contributed by atoms with Crippen LogP contribution < -0.4 is 4.74 Å². The summed E-state index contributed by atoms with van der Waals surface area (Å²) >= 11 is 0. The Morgan fingerprint density at radius 1 is 1.08 bits per heavy atom. The van der Waals surface area contributed by atoms with E-state index in [0.29, 0.717) is 11.1 Å². The fraction of sp³-hybridized carbons (Fsp3) is 0.632. The molecule has 1 heterocycles. The maximum Gasteiger partial charge on any atom is 0.426 e. The van der Waals surface area contributed by atoms with Crippen molar-refractivity contribution in [2.24, 2.45) is 5.92 Å². The number of aliphatic carboxylic acids is 1. The molecule has 0 saturated heterocycles. The van der Waals surface area contributed by atoms with Gasteiger partial charge in [-0.2, -0.15) is 13.2 Å². The van der Waals surface area contributed by atoms with Crippen molar-refractivity contribution in [3.05, 3.63) is 28.8 Å². The molecule has 2 rings (SSSR count). The molecule has 0 aliphatic carbocycles. The van der Waals surface area contributed by atoms with Crippen molar-refractivity contribution in [2.75, 3.05) is 0 Å². The zero-order valence-electron chi connectivity index (χ0n) is 15.4. The molecule has 1 aromatic rings. The van der Waals surface area contributed by atoms with E-state index in [1.807, 2.05) is 47.6 Å². The summed E-state index contributed by atoms with van der Waals surface area (Å²) in [7, 11) is 0. The maximum atomic E-state index is 13.4. The van der Waals surface area contributed by atoms with Crippen LogP contribution in [0, 0.1) is 5.92 Å². The van der Waals surface area contributed by atoms with E-state index in [1.54, 1.807) is 6.07 Å². The summed E-state index contributed by atoms with van der Waals surface area (Å²) in [6, 6.07) is 3.67. The molecule has 1 aliphatic rings. The Hall–Kier alpha value is -1.72. The molecule has 0 spiro atoms. The normalized spacial score (nSPS) is 21.5. The third-order valence-corrected chi connectivity index (χ3v) is 4.53. The number of carboxylic acid groups (broad SMARTS) is 1. The number of fused-ring (bicyclic) bond motifs is 1. The predicted molar refractivity (Wildman–Crippen MR) is 89.1 cm³/mol. The van der Waals surface area contributed by atoms with Crippen molar-refractivity contribution in [2.45, 2.75) is 71.1 Å². The highest BCUT2D eigenvalue weighted by Crippen LogP contribution is 2.45. The molecule has 6 heteroatoms. The van der Waals surface area contributed by atoms with Crippen molar-refractivity contribution in [3.63, 3.8) is 0 Å². The molecule has 1 aromatic carbocycles. The van der Waals surface area contributed by atoms with Crippen LogP contribution >= 0.6 is 0 Å². The summed E-state index contributed by atoms with van der Waals surface area (Å²) < 4.78 is 45.4. The first-order chi connectivity index (χ1) is 11.1. The summed E-state index contributed by atoms with van der Waals surface area (Å²) in [6.07, 6.45) is -7.26. The highest BCUT2D eigenvalue weighted by Gasteiger charge is 2.52. The minimum Gasteiger partial charge on any atom is -0.481 e. The van der Waals surface area contributed by atoms with Crippen LogP contribution in [0.25, 0.3) is 0 Å². The molecule has 0 bridgehead atoms. The third-order valence-electron chi connectivity index (χ3n) is 4.53. The second-order valence-electron chi connectivity index (χ2n) is 8.74. The van der Waals surface area contributed by atoms with Gasteiger partial charge < -0.3 is 9.84 Å². The topological polar surface area (TPSA) is 46.5 Å². The number of benzene rings is 1. The third kappa shape index (κ3) is 3.93. The molecule has 0 saturated carbocycles. The van der Waals surface area contributed by atoms with Crippen LogP contribution in [-0.4, -0.2) is 23.4 Å². The second kappa shape index (κ2) is 5.92. The Balaban J connectivity index is 2.69. The standard InChI is InChI=1S/C19H25F3O3/c1-17(2,3)11-7-10-8-12(16(23)24)15(19(20,21)22)25-14(10)13(9-11)18(4,5)6/h7,9,12,15H,8H2,1-6H3,(H,23,24)/t12-,15+/m1/s1. The Labute approximate surface area is 146 Å². The van der Waals surface area contributed by atoms with Crippen molar-refractivity contribution < 1.29 is 27.8 Å². The number of ether oxygens (including phenoxy) is 1. The van der Waals surface area contributed by atoms with Crippen LogP contribution in [0.5, 0.6) is 5.75 Å². The van der Waals surface area contributed by atoms with Gasteiger partial charge in [0.15, 0.2) is 0 Å². The molecule has 0 aromatic heterocycles. The van der Waals surface area contributed by atoms with E-state index in [0.717, 1.165) is 5.56 Å². The Morgan fingerprint density at radius 3 is 2.04 bits per heavy atom. The lowest BCUT2D eigenvalue weighted by Crippen LogP contribution is -2.48. The minimum atomic E-state index is -4.74. The molecule has 140 valence electrons. The molecular formula is C19H25F3O3. The van der Waals surface area contributed by atoms with Crippen molar-refractivity contribution in [1.82, 2.24) is 0 Å². The second-order valence-corrected chi connectivity index (χ2v) is 8.74. The number of carbonyl (C=O) groups is 1. The Bertz CT molecular complexity index is 679. The van der Waals surface area contributed by atoms with E-state index in [2.05, 4.69) is 0 Å². The van der Waals surface area contributed by atoms with E-state index in [4.69, 9.17) is 4.74 Å². The zero-order chi connectivity index (χ0) is 19.4. The molecule has 0 radical (unpaired) electrons. The number of alkyl halides is 3. The van der Waals surface area contributed by atoms with Crippen LogP contribution in [-0.2, 0) is 22.0 Å². The molecule has 25 heavy (non-hydrogen) atoms. The van der Waals surface area contributed by atoms with Gasteiger partial charge in [0.1, 0.15) is 11.7 Å². The first-order valence-electron chi connectivity index (χ1n) is 8.26. The van der Waals surface area contributed by atoms with Gasteiger partial charge in [-0.05, 0) is 28.4 Å². The lowest BCUT2D eigenvalue weighted by atomic mass is 9.76. The fourth-order valence-electron chi connectivity index (χ4n) is 3.03. The van der Waals surface area contributed by atoms with Crippen molar-refractivity contribution in [3.8, 4) is 5.75 Å². The van der Waals surface area contributed by atoms with E-state index in [-0.39, 0.29) is 17.6 Å². The van der Waals surface area contributed by atoms with Gasteiger partial charge in [0.2, 0.25) is 6.10 Å². The average Bonchev–Trinajstić information content (AvgIpc) is 2.41. The van der Waals surface area contributed by atoms with Gasteiger partial charge in [0, 0.05) is 5.56 Å². The van der Waals surface area contributed by atoms with E-state index in [1.165, 1.54) is 0 Å². The fourth-order valence-corrected chi connectivity index (χ4v) is 3.03. The number of hydrogen-bond acceptors (Lipinski definition) is 2. The monoisotopic (exact) mass is 358 g/mol. The Morgan fingerprint density at radius 2 is 1.64 bits per heavy atom. The van der Waals surface area contributed by atoms with Gasteiger partial charge in [-0.25, -0.2) is 0 Å². The van der Waals surface area contributed by atoms with E-state index in [9.17, 15) is 23.1 Å². The summed E-state index contributed by atoms with van der Waals surface area (Å²) in [5.74, 6) is -2.96. The predicted octanol–water partition coefficient (Wildman–Crippen LogP) is 4.85. The van der Waals surface area contributed by atoms with Crippen molar-refractivity contribution in [1.29, 1.82) is 0 Å². The minimum absolute atomic E-state index is 0.181. The largest absolute Gasteiger partial charge is 0.481 e. The maximum absolute atomic E-state index is 13.4. The summed E-state index contributed by atoms with van der Waals surface area (Å²) in [5, 5.41) is 9.28. The van der Waals surface area contributed by atoms with Crippen LogP contribution in [0.4, 0.5) is 13.2 Å². The van der Waals surface area contributed by atoms with E-state index < -0.39 is 29.6 Å². The first-order valence-corrected chi connectivity index (χ1v) is 8.26. The lowest BCUT2D eigenvalue weighted by Gasteiger charge is -2.37. The van der Waals surface area contributed by atoms with Crippen LogP contribution in [0.3, 0.4) is 0 Å². The highest BCUT2D eigenvalue weighted by atomic mass is 19.4. The van der Waals surface area contributed by atoms with Gasteiger partial charge >= 0.3 is 12.1 Å². The highest BCUT2D eigenvalue weighted by molar-refractivity contribution is 5.72. The Kier molecular flexibility index (Phi) is 4.64. The molecular weight excluding hydrogens is 333 g/mol. The SMILES string of the molecule is CC(C)(C)c1cc2c(c(C(C)(C)C)c1)O[C@H](C(F)(F)F)[C@H](C(=O)O)C2.